The molecule has 0 spiro atoms. The Hall–Kier alpha value is -3.39. The van der Waals surface area contributed by atoms with Crippen LogP contribution in [0, 0.1) is 13.8 Å². The number of anilines is 1. The Bertz CT molecular complexity index is 1280. The van der Waals surface area contributed by atoms with Crippen LogP contribution in [-0.4, -0.2) is 39.3 Å². The predicted molar refractivity (Wildman–Crippen MR) is 117 cm³/mol. The fourth-order valence-corrected chi connectivity index (χ4v) is 4.17. The molecule has 0 fully saturated rings. The molecule has 0 aliphatic heterocycles. The van der Waals surface area contributed by atoms with Crippen LogP contribution in [-0.2, 0) is 9.53 Å². The first-order chi connectivity index (χ1) is 14.5. The quantitative estimate of drug-likeness (QED) is 0.388. The maximum Gasteiger partial charge on any atom is 0.339 e. The maximum absolute atomic E-state index is 12.6. The van der Waals surface area contributed by atoms with Crippen LogP contribution in [0.2, 0.25) is 0 Å². The molecule has 1 N–H and O–H groups in total. The number of ether oxygens (including phenoxy) is 1. The highest BCUT2D eigenvalue weighted by Crippen LogP contribution is 2.28. The van der Waals surface area contributed by atoms with Gasteiger partial charge in [-0.05, 0) is 43.2 Å². The van der Waals surface area contributed by atoms with E-state index in [0.717, 1.165) is 27.7 Å². The molecule has 2 heterocycles. The number of para-hydroxylation sites is 2. The number of methoxy groups -OCH3 is 1. The van der Waals surface area contributed by atoms with E-state index in [9.17, 15) is 9.59 Å². The smallest absolute Gasteiger partial charge is 0.339 e. The number of hydrogen-bond donors (Lipinski definition) is 1. The van der Waals surface area contributed by atoms with Crippen LogP contribution in [0.3, 0.4) is 0 Å². The molecule has 4 aromatic rings. The summed E-state index contributed by atoms with van der Waals surface area (Å²) in [5.74, 6) is -0.627. The molecule has 0 aliphatic carbocycles. The first kappa shape index (κ1) is 19.9. The Morgan fingerprint density at radius 2 is 1.87 bits per heavy atom. The standard InChI is InChI=1S/C22H20N4O3S/c1-13-7-6-9-15-14(2)11-18-24-25-22(26(18)20(13)15)30-12-19(27)23-17-10-5-4-8-16(17)21(28)29-3/h4-11H,12H2,1-3H3,(H,23,27). The number of hydrogen-bond acceptors (Lipinski definition) is 6. The van der Waals surface area contributed by atoms with E-state index in [1.165, 1.54) is 18.9 Å². The normalized spacial score (nSPS) is 11.0. The molecule has 0 aliphatic rings. The third-order valence-electron chi connectivity index (χ3n) is 4.83. The van der Waals surface area contributed by atoms with Gasteiger partial charge in [-0.3, -0.25) is 9.20 Å². The summed E-state index contributed by atoms with van der Waals surface area (Å²) in [6, 6.07) is 14.9. The Morgan fingerprint density at radius 1 is 1.07 bits per heavy atom. The Kier molecular flexibility index (Phi) is 5.41. The number of fused-ring (bicyclic) bond motifs is 3. The van der Waals surface area contributed by atoms with Gasteiger partial charge in [0, 0.05) is 5.39 Å². The third-order valence-corrected chi connectivity index (χ3v) is 5.76. The van der Waals surface area contributed by atoms with Gasteiger partial charge in [-0.2, -0.15) is 0 Å². The van der Waals surface area contributed by atoms with Crippen LogP contribution in [0.15, 0.2) is 53.7 Å². The number of pyridine rings is 1. The lowest BCUT2D eigenvalue weighted by Gasteiger charge is -2.11. The topological polar surface area (TPSA) is 85.6 Å². The lowest BCUT2D eigenvalue weighted by Crippen LogP contribution is -2.17. The first-order valence-corrected chi connectivity index (χ1v) is 10.3. The number of nitrogens with zero attached hydrogens (tertiary/aromatic N) is 3. The monoisotopic (exact) mass is 420 g/mol. The molecule has 0 radical (unpaired) electrons. The summed E-state index contributed by atoms with van der Waals surface area (Å²) in [5.41, 5.74) is 4.74. The van der Waals surface area contributed by atoms with Gasteiger partial charge >= 0.3 is 5.97 Å². The van der Waals surface area contributed by atoms with Crippen molar-refractivity contribution < 1.29 is 14.3 Å². The molecule has 0 atom stereocenters. The van der Waals surface area contributed by atoms with Gasteiger partial charge in [0.1, 0.15) is 0 Å². The lowest BCUT2D eigenvalue weighted by atomic mass is 10.1. The predicted octanol–water partition coefficient (Wildman–Crippen LogP) is 4.02. The van der Waals surface area contributed by atoms with Crippen LogP contribution in [0.1, 0.15) is 21.5 Å². The van der Waals surface area contributed by atoms with Crippen molar-refractivity contribution in [3.05, 3.63) is 65.2 Å². The van der Waals surface area contributed by atoms with Gasteiger partial charge in [0.2, 0.25) is 5.91 Å². The molecule has 7 nitrogen and oxygen atoms in total. The Morgan fingerprint density at radius 3 is 2.67 bits per heavy atom. The minimum Gasteiger partial charge on any atom is -0.465 e. The van der Waals surface area contributed by atoms with Crippen LogP contribution >= 0.6 is 11.8 Å². The van der Waals surface area contributed by atoms with Gasteiger partial charge < -0.3 is 10.1 Å². The van der Waals surface area contributed by atoms with E-state index in [1.807, 2.05) is 29.5 Å². The highest BCUT2D eigenvalue weighted by atomic mass is 32.2. The summed E-state index contributed by atoms with van der Waals surface area (Å²) < 4.78 is 6.75. The van der Waals surface area contributed by atoms with Crippen molar-refractivity contribution in [1.29, 1.82) is 0 Å². The van der Waals surface area contributed by atoms with Crippen molar-refractivity contribution in [3.8, 4) is 0 Å². The number of thioether (sulfide) groups is 1. The molecule has 0 saturated heterocycles. The molecule has 2 aromatic heterocycles. The first-order valence-electron chi connectivity index (χ1n) is 9.33. The average Bonchev–Trinajstić information content (AvgIpc) is 3.15. The molecule has 2 aromatic carbocycles. The number of carbonyl (C=O) groups excluding carboxylic acids is 2. The van der Waals surface area contributed by atoms with Crippen molar-refractivity contribution >= 4 is 45.9 Å². The molecular weight excluding hydrogens is 400 g/mol. The van der Waals surface area contributed by atoms with Gasteiger partial charge in [0.25, 0.3) is 0 Å². The fraction of sp³-hybridized carbons (Fsp3) is 0.182. The van der Waals surface area contributed by atoms with Gasteiger partial charge in [0.15, 0.2) is 10.8 Å². The second-order valence-corrected chi connectivity index (χ2v) is 7.79. The number of nitrogens with one attached hydrogen (secondary N) is 1. The minimum absolute atomic E-state index is 0.123. The van der Waals surface area contributed by atoms with Crippen molar-refractivity contribution in [2.45, 2.75) is 19.0 Å². The zero-order chi connectivity index (χ0) is 21.3. The average molecular weight is 420 g/mol. The summed E-state index contributed by atoms with van der Waals surface area (Å²) >= 11 is 1.29. The molecule has 30 heavy (non-hydrogen) atoms. The van der Waals surface area contributed by atoms with Crippen molar-refractivity contribution in [3.63, 3.8) is 0 Å². The molecular formula is C22H20N4O3S. The molecule has 0 unspecified atom stereocenters. The number of carbonyl (C=O) groups is 2. The molecule has 4 rings (SSSR count). The van der Waals surface area contributed by atoms with E-state index in [1.54, 1.807) is 24.3 Å². The highest BCUT2D eigenvalue weighted by molar-refractivity contribution is 7.99. The second-order valence-electron chi connectivity index (χ2n) is 6.85. The molecule has 152 valence electrons. The lowest BCUT2D eigenvalue weighted by molar-refractivity contribution is -0.113. The van der Waals surface area contributed by atoms with E-state index in [2.05, 4.69) is 28.5 Å². The number of aromatic nitrogens is 3. The SMILES string of the molecule is COC(=O)c1ccccc1NC(=O)CSc1nnc2cc(C)c3cccc(C)c3n12. The molecule has 0 bridgehead atoms. The zero-order valence-electron chi connectivity index (χ0n) is 16.8. The van der Waals surface area contributed by atoms with Gasteiger partial charge in [-0.25, -0.2) is 4.79 Å². The van der Waals surface area contributed by atoms with Crippen LogP contribution in [0.4, 0.5) is 5.69 Å². The second kappa shape index (κ2) is 8.16. The fourth-order valence-electron chi connectivity index (χ4n) is 3.42. The van der Waals surface area contributed by atoms with Gasteiger partial charge in [-0.15, -0.1) is 10.2 Å². The summed E-state index contributed by atoms with van der Waals surface area (Å²) in [7, 11) is 1.31. The van der Waals surface area contributed by atoms with Crippen molar-refractivity contribution in [2.75, 3.05) is 18.2 Å². The van der Waals surface area contributed by atoms with Crippen molar-refractivity contribution in [2.24, 2.45) is 0 Å². The van der Waals surface area contributed by atoms with E-state index in [-0.39, 0.29) is 11.7 Å². The molecule has 1 amide bonds. The van der Waals surface area contributed by atoms with Crippen LogP contribution in [0.25, 0.3) is 16.6 Å². The molecule has 8 heteroatoms. The summed E-state index contributed by atoms with van der Waals surface area (Å²) in [6.45, 7) is 4.10. The number of amides is 1. The number of benzene rings is 2. The number of aryl methyl sites for hydroxylation is 2. The third kappa shape index (κ3) is 3.61. The Labute approximate surface area is 177 Å². The number of rotatable bonds is 5. The van der Waals surface area contributed by atoms with Crippen molar-refractivity contribution in [1.82, 2.24) is 14.6 Å². The number of esters is 1. The minimum atomic E-state index is -0.501. The van der Waals surface area contributed by atoms with Crippen LogP contribution < -0.4 is 5.32 Å². The largest absolute Gasteiger partial charge is 0.465 e. The molecule has 0 saturated carbocycles. The van der Waals surface area contributed by atoms with Crippen LogP contribution in [0.5, 0.6) is 0 Å². The zero-order valence-corrected chi connectivity index (χ0v) is 17.6. The van der Waals surface area contributed by atoms with E-state index in [4.69, 9.17) is 4.74 Å². The summed E-state index contributed by atoms with van der Waals surface area (Å²) in [5, 5.41) is 13.1. The highest BCUT2D eigenvalue weighted by Gasteiger charge is 2.16. The van der Waals surface area contributed by atoms with Gasteiger partial charge in [0.05, 0.1) is 29.6 Å². The summed E-state index contributed by atoms with van der Waals surface area (Å²) in [4.78, 5) is 24.4. The summed E-state index contributed by atoms with van der Waals surface area (Å²) in [6.07, 6.45) is 0. The van der Waals surface area contributed by atoms with E-state index < -0.39 is 5.97 Å². The Balaban J connectivity index is 1.59. The maximum atomic E-state index is 12.6. The van der Waals surface area contributed by atoms with E-state index in [0.29, 0.717) is 16.4 Å². The van der Waals surface area contributed by atoms with E-state index >= 15 is 0 Å². The van der Waals surface area contributed by atoms with Gasteiger partial charge in [-0.1, -0.05) is 42.1 Å².